The van der Waals surface area contributed by atoms with Crippen molar-refractivity contribution in [3.63, 3.8) is 0 Å². The maximum absolute atomic E-state index is 11.5. The molecule has 1 fully saturated rings. The van der Waals surface area contributed by atoms with Crippen LogP contribution in [0.2, 0.25) is 0 Å². The molecule has 2 rings (SSSR count). The minimum absolute atomic E-state index is 0.0847. The van der Waals surface area contributed by atoms with E-state index in [2.05, 4.69) is 27.5 Å². The number of ether oxygens (including phenoxy) is 1. The maximum Gasteiger partial charge on any atom is 0.302 e. The third kappa shape index (κ3) is 8.52. The van der Waals surface area contributed by atoms with Crippen LogP contribution in [-0.4, -0.2) is 55.1 Å². The third-order valence-electron chi connectivity index (χ3n) is 5.96. The lowest BCUT2D eigenvalue weighted by Crippen LogP contribution is -2.24. The molecule has 0 saturated heterocycles. The van der Waals surface area contributed by atoms with Gasteiger partial charge in [-0.2, -0.15) is 0 Å². The van der Waals surface area contributed by atoms with Crippen molar-refractivity contribution in [3.05, 3.63) is 18.0 Å². The van der Waals surface area contributed by atoms with Gasteiger partial charge in [-0.05, 0) is 29.7 Å². The molecule has 0 bridgehead atoms. The highest BCUT2D eigenvalue weighted by molar-refractivity contribution is 5.66. The number of hydrogen-bond donors (Lipinski definition) is 3. The predicted octanol–water partition coefficient (Wildman–Crippen LogP) is 3.12. The molecule has 3 N–H and O–H groups in total. The molecule has 1 aliphatic carbocycles. The van der Waals surface area contributed by atoms with E-state index in [1.54, 1.807) is 0 Å². The first kappa shape index (κ1) is 24.5. The molecule has 8 nitrogen and oxygen atoms in total. The second-order valence-electron chi connectivity index (χ2n) is 8.44. The fraction of sp³-hybridized carbons (Fsp3) is 0.818. The highest BCUT2D eigenvalue weighted by Crippen LogP contribution is 2.39. The number of aromatic nitrogens is 4. The number of aliphatic hydroxyl groups excluding tert-OH is 2. The third-order valence-corrected chi connectivity index (χ3v) is 5.96. The first-order valence-electron chi connectivity index (χ1n) is 11.5. The molecule has 8 heteroatoms. The van der Waals surface area contributed by atoms with E-state index in [0.717, 1.165) is 70.0 Å². The molecular formula is C22H38N4O4. The number of H-pyrrole nitrogens is 1. The number of aromatic amines is 1. The average molecular weight is 423 g/mol. The van der Waals surface area contributed by atoms with Gasteiger partial charge >= 0.3 is 5.97 Å². The van der Waals surface area contributed by atoms with Crippen molar-refractivity contribution in [1.82, 2.24) is 20.6 Å². The fourth-order valence-corrected chi connectivity index (χ4v) is 4.37. The van der Waals surface area contributed by atoms with Gasteiger partial charge in [0.15, 0.2) is 0 Å². The van der Waals surface area contributed by atoms with Gasteiger partial charge in [0.05, 0.1) is 12.2 Å². The number of aryl methyl sites for hydroxylation is 1. The van der Waals surface area contributed by atoms with Crippen LogP contribution in [0.3, 0.4) is 0 Å². The van der Waals surface area contributed by atoms with Crippen LogP contribution in [0.15, 0.2) is 12.2 Å². The first-order chi connectivity index (χ1) is 14.5. The van der Waals surface area contributed by atoms with Crippen LogP contribution in [-0.2, 0) is 16.0 Å². The van der Waals surface area contributed by atoms with Crippen molar-refractivity contribution in [3.8, 4) is 0 Å². The molecule has 1 heterocycles. The van der Waals surface area contributed by atoms with Gasteiger partial charge in [0.2, 0.25) is 0 Å². The van der Waals surface area contributed by atoms with Crippen LogP contribution in [0.4, 0.5) is 0 Å². The molecule has 0 aromatic carbocycles. The van der Waals surface area contributed by atoms with E-state index >= 15 is 0 Å². The van der Waals surface area contributed by atoms with Gasteiger partial charge in [-0.15, -0.1) is 5.10 Å². The van der Waals surface area contributed by atoms with E-state index in [1.165, 1.54) is 6.92 Å². The molecule has 0 aliphatic heterocycles. The van der Waals surface area contributed by atoms with Gasteiger partial charge in [0, 0.05) is 31.6 Å². The van der Waals surface area contributed by atoms with Crippen LogP contribution in [0.25, 0.3) is 0 Å². The van der Waals surface area contributed by atoms with Gasteiger partial charge in [-0.3, -0.25) is 4.79 Å². The van der Waals surface area contributed by atoms with Gasteiger partial charge in [0.25, 0.3) is 0 Å². The van der Waals surface area contributed by atoms with Gasteiger partial charge in [0.1, 0.15) is 11.9 Å². The topological polar surface area (TPSA) is 121 Å². The zero-order valence-corrected chi connectivity index (χ0v) is 18.4. The van der Waals surface area contributed by atoms with E-state index in [0.29, 0.717) is 6.42 Å². The number of nitrogens with one attached hydrogen (secondary N) is 1. The number of carbonyl (C=O) groups is 1. The molecule has 1 aromatic rings. The molecule has 30 heavy (non-hydrogen) atoms. The summed E-state index contributed by atoms with van der Waals surface area (Å²) in [5, 5.41) is 34.6. The summed E-state index contributed by atoms with van der Waals surface area (Å²) in [6.45, 7) is 3.56. The number of carbonyl (C=O) groups excluding carboxylic acids is 1. The molecule has 5 atom stereocenters. The molecule has 1 aromatic heterocycles. The molecule has 170 valence electrons. The Morgan fingerprint density at radius 3 is 2.77 bits per heavy atom. The van der Waals surface area contributed by atoms with E-state index < -0.39 is 12.2 Å². The Labute approximate surface area is 179 Å². The SMILES string of the molecule is CCCCCC(O)C=CC1C(O)CC(OC(C)=O)C1CCCCCCc1nnn[nH]1. The standard InChI is InChI=1S/C22H38N4O4/c1-3-4-7-10-17(28)13-14-18-19(21(15-20(18)29)30-16(2)27)11-8-5-6-9-12-22-23-25-26-24-22/h13-14,17-21,28-29H,3-12,15H2,1-2H3,(H,23,24,25,26). The number of rotatable bonds is 14. The van der Waals surface area contributed by atoms with Crippen molar-refractivity contribution in [2.24, 2.45) is 11.8 Å². The summed E-state index contributed by atoms with van der Waals surface area (Å²) in [7, 11) is 0. The molecular weight excluding hydrogens is 384 g/mol. The Balaban J connectivity index is 1.82. The van der Waals surface area contributed by atoms with Crippen molar-refractivity contribution >= 4 is 5.97 Å². The van der Waals surface area contributed by atoms with Crippen LogP contribution >= 0.6 is 0 Å². The van der Waals surface area contributed by atoms with Crippen LogP contribution < -0.4 is 0 Å². The van der Waals surface area contributed by atoms with E-state index in [9.17, 15) is 15.0 Å². The second-order valence-corrected chi connectivity index (χ2v) is 8.44. The Morgan fingerprint density at radius 1 is 1.27 bits per heavy atom. The van der Waals surface area contributed by atoms with Gasteiger partial charge < -0.3 is 14.9 Å². The summed E-state index contributed by atoms with van der Waals surface area (Å²) in [5.74, 6) is 0.505. The molecule has 0 amide bonds. The van der Waals surface area contributed by atoms with Crippen LogP contribution in [0.5, 0.6) is 0 Å². The number of unbranched alkanes of at least 4 members (excludes halogenated alkanes) is 5. The summed E-state index contributed by atoms with van der Waals surface area (Å²) >= 11 is 0. The number of nitrogens with zero attached hydrogens (tertiary/aromatic N) is 3. The lowest BCUT2D eigenvalue weighted by molar-refractivity contribution is -0.148. The Hall–Kier alpha value is -1.80. The number of hydrogen-bond acceptors (Lipinski definition) is 7. The van der Waals surface area contributed by atoms with Crippen LogP contribution in [0, 0.1) is 11.8 Å². The molecule has 0 radical (unpaired) electrons. The minimum Gasteiger partial charge on any atom is -0.462 e. The summed E-state index contributed by atoms with van der Waals surface area (Å²) in [4.78, 5) is 11.5. The number of esters is 1. The second kappa shape index (κ2) is 13.5. The van der Waals surface area contributed by atoms with Crippen molar-refractivity contribution in [1.29, 1.82) is 0 Å². The van der Waals surface area contributed by atoms with E-state index in [1.807, 2.05) is 12.2 Å². The summed E-state index contributed by atoms with van der Waals surface area (Å²) in [5.41, 5.74) is 0. The summed E-state index contributed by atoms with van der Waals surface area (Å²) in [6.07, 6.45) is 12.8. The van der Waals surface area contributed by atoms with Crippen molar-refractivity contribution in [2.75, 3.05) is 0 Å². The zero-order valence-electron chi connectivity index (χ0n) is 18.4. The first-order valence-corrected chi connectivity index (χ1v) is 11.5. The lowest BCUT2D eigenvalue weighted by Gasteiger charge is -2.23. The quantitative estimate of drug-likeness (QED) is 0.239. The van der Waals surface area contributed by atoms with E-state index in [4.69, 9.17) is 4.74 Å². The molecule has 5 unspecified atom stereocenters. The van der Waals surface area contributed by atoms with Gasteiger partial charge in [-0.25, -0.2) is 5.10 Å². The monoisotopic (exact) mass is 422 g/mol. The molecule has 1 aliphatic rings. The molecule has 0 spiro atoms. The Morgan fingerprint density at radius 2 is 2.07 bits per heavy atom. The van der Waals surface area contributed by atoms with Crippen molar-refractivity contribution < 1.29 is 19.7 Å². The average Bonchev–Trinajstić information content (AvgIpc) is 3.31. The van der Waals surface area contributed by atoms with Gasteiger partial charge in [-0.1, -0.05) is 57.6 Å². The Kier molecular flexibility index (Phi) is 11.0. The fourth-order valence-electron chi connectivity index (χ4n) is 4.37. The lowest BCUT2D eigenvalue weighted by atomic mass is 9.87. The molecule has 1 saturated carbocycles. The summed E-state index contributed by atoms with van der Waals surface area (Å²) in [6, 6.07) is 0. The zero-order chi connectivity index (χ0) is 21.8. The number of tetrazole rings is 1. The van der Waals surface area contributed by atoms with E-state index in [-0.39, 0.29) is 23.9 Å². The smallest absolute Gasteiger partial charge is 0.302 e. The Bertz CT molecular complexity index is 623. The number of aliphatic hydroxyl groups is 2. The highest BCUT2D eigenvalue weighted by Gasteiger charge is 2.42. The largest absolute Gasteiger partial charge is 0.462 e. The van der Waals surface area contributed by atoms with Crippen molar-refractivity contribution in [2.45, 2.75) is 103 Å². The normalized spacial score (nSPS) is 25.1. The van der Waals surface area contributed by atoms with Crippen LogP contribution in [0.1, 0.15) is 83.9 Å². The minimum atomic E-state index is -0.544. The summed E-state index contributed by atoms with van der Waals surface area (Å²) < 4.78 is 5.52. The maximum atomic E-state index is 11.5. The predicted molar refractivity (Wildman–Crippen MR) is 113 cm³/mol. The highest BCUT2D eigenvalue weighted by atomic mass is 16.5.